The van der Waals surface area contributed by atoms with Crippen molar-refractivity contribution in [1.82, 2.24) is 0 Å². The van der Waals surface area contributed by atoms with Crippen molar-refractivity contribution < 1.29 is 28.6 Å². The molecule has 0 aliphatic heterocycles. The monoisotopic (exact) mass is 807 g/mol. The van der Waals surface area contributed by atoms with Gasteiger partial charge in [0.1, 0.15) is 13.2 Å². The van der Waals surface area contributed by atoms with Crippen LogP contribution in [0.1, 0.15) is 285 Å². The first kappa shape index (κ1) is 55.4. The molecule has 0 radical (unpaired) electrons. The summed E-state index contributed by atoms with van der Waals surface area (Å²) >= 11 is 0. The van der Waals surface area contributed by atoms with E-state index in [1.807, 2.05) is 0 Å². The van der Waals surface area contributed by atoms with Crippen LogP contribution in [0.4, 0.5) is 0 Å². The molecule has 0 spiro atoms. The molecule has 1 atom stereocenters. The van der Waals surface area contributed by atoms with E-state index in [4.69, 9.17) is 14.2 Å². The zero-order valence-corrected chi connectivity index (χ0v) is 38.8. The standard InChI is InChI=1S/C51H98O6/c1-5-7-9-11-13-15-16-17-18-19-24-28-32-36-40-44-51(54)57-48(45-55-49(52)42-38-34-30-25-14-12-10-8-6-2)46-56-50(53)43-39-35-31-27-23-21-20-22-26-29-33-37-41-47(3)4/h47-48H,5-46H2,1-4H3/t48-/m1/s1. The molecule has 0 aromatic carbocycles. The number of unbranched alkanes of at least 4 members (excludes halogenated alkanes) is 33. The minimum atomic E-state index is -0.759. The number of carbonyl (C=O) groups is 3. The zero-order valence-electron chi connectivity index (χ0n) is 38.8. The molecule has 6 heteroatoms. The predicted molar refractivity (Wildman–Crippen MR) is 243 cm³/mol. The summed E-state index contributed by atoms with van der Waals surface area (Å²) < 4.78 is 16.8. The highest BCUT2D eigenvalue weighted by molar-refractivity contribution is 5.71. The maximum atomic E-state index is 12.8. The maximum absolute atomic E-state index is 12.8. The molecule has 0 bridgehead atoms. The van der Waals surface area contributed by atoms with Crippen LogP contribution in [-0.2, 0) is 28.6 Å². The summed E-state index contributed by atoms with van der Waals surface area (Å²) in [4.78, 5) is 37.8. The third kappa shape index (κ3) is 45.3. The first-order chi connectivity index (χ1) is 27.9. The molecule has 57 heavy (non-hydrogen) atoms. The first-order valence-corrected chi connectivity index (χ1v) is 25.4. The van der Waals surface area contributed by atoms with Crippen molar-refractivity contribution in [1.29, 1.82) is 0 Å². The Bertz CT molecular complexity index is 857. The Morgan fingerprint density at radius 2 is 0.579 bits per heavy atom. The highest BCUT2D eigenvalue weighted by atomic mass is 16.6. The van der Waals surface area contributed by atoms with Crippen LogP contribution >= 0.6 is 0 Å². The highest BCUT2D eigenvalue weighted by Crippen LogP contribution is 2.17. The number of ether oxygens (including phenoxy) is 3. The summed E-state index contributed by atoms with van der Waals surface area (Å²) in [7, 11) is 0. The van der Waals surface area contributed by atoms with Gasteiger partial charge in [-0.1, -0.05) is 246 Å². The Balaban J connectivity index is 4.27. The predicted octanol–water partition coefficient (Wildman–Crippen LogP) is 16.3. The minimum absolute atomic E-state index is 0.0630. The molecule has 0 rings (SSSR count). The van der Waals surface area contributed by atoms with Gasteiger partial charge in [-0.25, -0.2) is 0 Å². The van der Waals surface area contributed by atoms with Crippen LogP contribution in [0.2, 0.25) is 0 Å². The number of esters is 3. The Kier molecular flexibility index (Phi) is 44.2. The molecule has 0 saturated heterocycles. The normalized spacial score (nSPS) is 11.9. The Hall–Kier alpha value is -1.59. The third-order valence-corrected chi connectivity index (χ3v) is 11.5. The molecule has 6 nitrogen and oxygen atoms in total. The summed E-state index contributed by atoms with van der Waals surface area (Å²) in [6, 6.07) is 0. The van der Waals surface area contributed by atoms with Gasteiger partial charge >= 0.3 is 17.9 Å². The lowest BCUT2D eigenvalue weighted by Gasteiger charge is -2.18. The second-order valence-corrected chi connectivity index (χ2v) is 17.9. The van der Waals surface area contributed by atoms with Gasteiger partial charge in [-0.2, -0.15) is 0 Å². The van der Waals surface area contributed by atoms with Crippen LogP contribution in [0, 0.1) is 5.92 Å². The fourth-order valence-corrected chi connectivity index (χ4v) is 7.69. The van der Waals surface area contributed by atoms with E-state index in [1.165, 1.54) is 180 Å². The molecule has 0 aliphatic carbocycles. The van der Waals surface area contributed by atoms with Crippen LogP contribution < -0.4 is 0 Å². The van der Waals surface area contributed by atoms with E-state index in [-0.39, 0.29) is 31.1 Å². The van der Waals surface area contributed by atoms with Crippen LogP contribution in [-0.4, -0.2) is 37.2 Å². The molecule has 0 aromatic rings. The van der Waals surface area contributed by atoms with Crippen LogP contribution in [0.3, 0.4) is 0 Å². The van der Waals surface area contributed by atoms with Gasteiger partial charge in [0.25, 0.3) is 0 Å². The van der Waals surface area contributed by atoms with Crippen molar-refractivity contribution in [2.24, 2.45) is 5.92 Å². The minimum Gasteiger partial charge on any atom is -0.462 e. The fraction of sp³-hybridized carbons (Fsp3) is 0.941. The van der Waals surface area contributed by atoms with E-state index < -0.39 is 6.10 Å². The summed E-state index contributed by atoms with van der Waals surface area (Å²) in [6.45, 7) is 9.01. The Morgan fingerprint density at radius 1 is 0.333 bits per heavy atom. The van der Waals surface area contributed by atoms with Gasteiger partial charge in [0.2, 0.25) is 0 Å². The van der Waals surface area contributed by atoms with Gasteiger partial charge in [0.05, 0.1) is 0 Å². The second kappa shape index (κ2) is 45.5. The van der Waals surface area contributed by atoms with Crippen molar-refractivity contribution in [3.8, 4) is 0 Å². The van der Waals surface area contributed by atoms with Gasteiger partial charge in [-0.05, 0) is 25.2 Å². The molecule has 0 heterocycles. The van der Waals surface area contributed by atoms with Gasteiger partial charge in [-0.3, -0.25) is 14.4 Å². The Labute approximate surface area is 355 Å². The molecule has 0 aromatic heterocycles. The van der Waals surface area contributed by atoms with E-state index in [0.29, 0.717) is 19.3 Å². The van der Waals surface area contributed by atoms with Crippen molar-refractivity contribution >= 4 is 17.9 Å². The smallest absolute Gasteiger partial charge is 0.306 e. The quantitative estimate of drug-likeness (QED) is 0.0346. The maximum Gasteiger partial charge on any atom is 0.306 e. The fourth-order valence-electron chi connectivity index (χ4n) is 7.69. The average Bonchev–Trinajstić information content (AvgIpc) is 3.19. The van der Waals surface area contributed by atoms with Crippen molar-refractivity contribution in [2.75, 3.05) is 13.2 Å². The molecule has 0 unspecified atom stereocenters. The van der Waals surface area contributed by atoms with Gasteiger partial charge in [-0.15, -0.1) is 0 Å². The molecule has 0 N–H and O–H groups in total. The molecule has 0 aliphatic rings. The van der Waals surface area contributed by atoms with Gasteiger partial charge < -0.3 is 14.2 Å². The third-order valence-electron chi connectivity index (χ3n) is 11.5. The summed E-state index contributed by atoms with van der Waals surface area (Å²) in [6.07, 6.45) is 46.6. The SMILES string of the molecule is CCCCCCCCCCCCCCCCCC(=O)O[C@H](COC(=O)CCCCCCCCCCC)COC(=O)CCCCCCCCCCCCCCC(C)C. The van der Waals surface area contributed by atoms with Crippen LogP contribution in [0.5, 0.6) is 0 Å². The molecule has 0 saturated carbocycles. The van der Waals surface area contributed by atoms with E-state index in [0.717, 1.165) is 63.7 Å². The van der Waals surface area contributed by atoms with Crippen LogP contribution in [0.25, 0.3) is 0 Å². The summed E-state index contributed by atoms with van der Waals surface area (Å²) in [5.41, 5.74) is 0. The topological polar surface area (TPSA) is 78.9 Å². The second-order valence-electron chi connectivity index (χ2n) is 17.9. The largest absolute Gasteiger partial charge is 0.462 e. The number of hydrogen-bond donors (Lipinski definition) is 0. The van der Waals surface area contributed by atoms with Crippen LogP contribution in [0.15, 0.2) is 0 Å². The van der Waals surface area contributed by atoms with Gasteiger partial charge in [0.15, 0.2) is 6.10 Å². The molecule has 338 valence electrons. The lowest BCUT2D eigenvalue weighted by Crippen LogP contribution is -2.30. The van der Waals surface area contributed by atoms with E-state index in [2.05, 4.69) is 27.7 Å². The lowest BCUT2D eigenvalue weighted by atomic mass is 10.0. The van der Waals surface area contributed by atoms with Crippen molar-refractivity contribution in [2.45, 2.75) is 291 Å². The highest BCUT2D eigenvalue weighted by Gasteiger charge is 2.19. The summed E-state index contributed by atoms with van der Waals surface area (Å²) in [5, 5.41) is 0. The lowest BCUT2D eigenvalue weighted by molar-refractivity contribution is -0.167. The molecule has 0 amide bonds. The molecule has 0 fully saturated rings. The molecular weight excluding hydrogens is 709 g/mol. The van der Waals surface area contributed by atoms with Crippen molar-refractivity contribution in [3.63, 3.8) is 0 Å². The number of hydrogen-bond acceptors (Lipinski definition) is 6. The number of carbonyl (C=O) groups excluding carboxylic acids is 3. The zero-order chi connectivity index (χ0) is 41.7. The number of rotatable bonds is 46. The van der Waals surface area contributed by atoms with E-state index in [9.17, 15) is 14.4 Å². The van der Waals surface area contributed by atoms with E-state index >= 15 is 0 Å². The first-order valence-electron chi connectivity index (χ1n) is 25.4. The van der Waals surface area contributed by atoms with E-state index in [1.54, 1.807) is 0 Å². The average molecular weight is 807 g/mol. The summed E-state index contributed by atoms with van der Waals surface area (Å²) in [5.74, 6) is -0.0141. The Morgan fingerprint density at radius 3 is 0.860 bits per heavy atom. The molecular formula is C51H98O6. The van der Waals surface area contributed by atoms with Crippen molar-refractivity contribution in [3.05, 3.63) is 0 Å². The van der Waals surface area contributed by atoms with Gasteiger partial charge in [0, 0.05) is 19.3 Å².